The summed E-state index contributed by atoms with van der Waals surface area (Å²) < 4.78 is 48.6. The van der Waals surface area contributed by atoms with Gasteiger partial charge in [-0.15, -0.1) is 0 Å². The van der Waals surface area contributed by atoms with E-state index in [2.05, 4.69) is 40.7 Å². The highest BCUT2D eigenvalue weighted by Gasteiger charge is 2.70. The van der Waals surface area contributed by atoms with Gasteiger partial charge in [0.2, 0.25) is 0 Å². The molecule has 28 atom stereocenters. The van der Waals surface area contributed by atoms with E-state index in [0.717, 1.165) is 38.5 Å². The van der Waals surface area contributed by atoms with Crippen LogP contribution in [0.3, 0.4) is 0 Å². The lowest BCUT2D eigenvalue weighted by molar-refractivity contribution is -0.391. The number of carboxylic acid groups (broad SMARTS) is 1. The van der Waals surface area contributed by atoms with Gasteiger partial charge >= 0.3 is 5.97 Å². The molecule has 28 unspecified atom stereocenters. The van der Waals surface area contributed by atoms with Crippen LogP contribution >= 0.6 is 0 Å². The molecule has 4 saturated carbocycles. The number of hydrogen-bond donors (Lipinski definition) is 13. The van der Waals surface area contributed by atoms with Gasteiger partial charge in [0.1, 0.15) is 85.5 Å². The van der Waals surface area contributed by atoms with E-state index in [1.165, 1.54) is 12.5 Å². The molecule has 9 rings (SSSR count). The zero-order valence-electron chi connectivity index (χ0n) is 44.2. The molecule has 75 heavy (non-hydrogen) atoms. The fourth-order valence-electron chi connectivity index (χ4n) is 16.3. The molecule has 9 aliphatic rings. The normalized spacial score (nSPS) is 54.9. The van der Waals surface area contributed by atoms with Crippen LogP contribution in [-0.4, -0.2) is 222 Å². The van der Waals surface area contributed by atoms with Crippen LogP contribution in [0.2, 0.25) is 0 Å². The fourth-order valence-corrected chi connectivity index (χ4v) is 16.3. The first kappa shape index (κ1) is 58.1. The molecular weight excluding hydrogens is 989 g/mol. The number of aliphatic carboxylic acids is 1. The fraction of sp³-hybridized carbons (Fsp3) is 0.943. The minimum Gasteiger partial charge on any atom is -0.481 e. The Morgan fingerprint density at radius 2 is 1.20 bits per heavy atom. The average molecular weight is 1080 g/mol. The van der Waals surface area contributed by atoms with Crippen molar-refractivity contribution in [1.29, 1.82) is 0 Å². The lowest BCUT2D eigenvalue weighted by Gasteiger charge is -2.71. The number of ether oxygens (including phenoxy) is 8. The lowest BCUT2D eigenvalue weighted by atomic mass is 9.33. The topological polar surface area (TPSA) is 354 Å². The van der Waals surface area contributed by atoms with Crippen molar-refractivity contribution >= 4 is 5.97 Å². The van der Waals surface area contributed by atoms with Crippen molar-refractivity contribution in [2.45, 2.75) is 235 Å². The molecule has 13 N–H and O–H groups in total. The molecule has 0 spiro atoms. The molecule has 4 heterocycles. The Bertz CT molecular complexity index is 2060. The molecule has 4 saturated heterocycles. The number of fused-ring (bicyclic) bond motifs is 7. The van der Waals surface area contributed by atoms with Crippen LogP contribution in [0, 0.1) is 50.2 Å². The van der Waals surface area contributed by atoms with E-state index >= 15 is 0 Å². The van der Waals surface area contributed by atoms with Crippen LogP contribution < -0.4 is 0 Å². The summed E-state index contributed by atoms with van der Waals surface area (Å²) >= 11 is 0. The molecule has 0 bridgehead atoms. The molecule has 22 heteroatoms. The van der Waals surface area contributed by atoms with Gasteiger partial charge in [-0.3, -0.25) is 4.79 Å². The summed E-state index contributed by atoms with van der Waals surface area (Å²) in [6.07, 6.45) is -22.5. The highest BCUT2D eigenvalue weighted by atomic mass is 16.8. The van der Waals surface area contributed by atoms with E-state index in [0.29, 0.717) is 25.7 Å². The van der Waals surface area contributed by atoms with Crippen molar-refractivity contribution in [2.75, 3.05) is 26.4 Å². The Morgan fingerprint density at radius 1 is 0.613 bits per heavy atom. The Balaban J connectivity index is 0.985. The van der Waals surface area contributed by atoms with Gasteiger partial charge in [-0.2, -0.15) is 0 Å². The minimum absolute atomic E-state index is 0.0179. The summed E-state index contributed by atoms with van der Waals surface area (Å²) in [4.78, 5) is 13.2. The van der Waals surface area contributed by atoms with Gasteiger partial charge in [0.05, 0.1) is 44.1 Å². The molecule has 0 aromatic heterocycles. The van der Waals surface area contributed by atoms with E-state index in [-0.39, 0.29) is 46.0 Å². The smallest absolute Gasteiger partial charge is 0.310 e. The summed E-state index contributed by atoms with van der Waals surface area (Å²) in [7, 11) is 0. The monoisotopic (exact) mass is 1070 g/mol. The van der Waals surface area contributed by atoms with Crippen molar-refractivity contribution in [3.8, 4) is 0 Å². The predicted octanol–water partition coefficient (Wildman–Crippen LogP) is -0.830. The Morgan fingerprint density at radius 3 is 1.80 bits per heavy atom. The van der Waals surface area contributed by atoms with Gasteiger partial charge in [0.25, 0.3) is 0 Å². The molecule has 0 radical (unpaired) electrons. The van der Waals surface area contributed by atoms with Crippen LogP contribution in [0.25, 0.3) is 0 Å². The molecular formula is C53H86O22. The van der Waals surface area contributed by atoms with Crippen molar-refractivity contribution in [2.24, 2.45) is 50.2 Å². The number of hydrogen-bond acceptors (Lipinski definition) is 21. The first-order chi connectivity index (χ1) is 35.2. The van der Waals surface area contributed by atoms with Gasteiger partial charge in [-0.25, -0.2) is 0 Å². The van der Waals surface area contributed by atoms with Gasteiger partial charge < -0.3 is 104 Å². The van der Waals surface area contributed by atoms with Gasteiger partial charge in [0.15, 0.2) is 25.2 Å². The maximum Gasteiger partial charge on any atom is 0.310 e. The Labute approximate surface area is 437 Å². The maximum atomic E-state index is 13.2. The number of allylic oxidation sites excluding steroid dienone is 2. The third-order valence-electron chi connectivity index (χ3n) is 21.2. The quantitative estimate of drug-likeness (QED) is 0.0838. The number of carbonyl (C=O) groups is 1. The summed E-state index contributed by atoms with van der Waals surface area (Å²) in [6.45, 7) is 12.8. The Hall–Kier alpha value is -1.59. The summed E-state index contributed by atoms with van der Waals surface area (Å²) in [6, 6.07) is 0. The van der Waals surface area contributed by atoms with Gasteiger partial charge in [-0.05, 0) is 111 Å². The largest absolute Gasteiger partial charge is 0.481 e. The minimum atomic E-state index is -1.93. The number of aliphatic hydroxyl groups excluding tert-OH is 12. The molecule has 0 aromatic rings. The summed E-state index contributed by atoms with van der Waals surface area (Å²) in [5, 5.41) is 141. The molecule has 5 aliphatic carbocycles. The highest BCUT2D eigenvalue weighted by Crippen LogP contribution is 2.76. The molecule has 0 amide bonds. The van der Waals surface area contributed by atoms with E-state index in [4.69, 9.17) is 37.9 Å². The SMILES string of the molecule is CC1OC(OC2C(OC3CCC4(C)C(CCC5(C)C4CC=C4C6CC(C)(C)CCC6(C(=O)O)CCC45C)C3(C)CO)OCC(OC3OC(CO)C(O)C(O)C3O)C2O)C(O)C(OC2OC(CO)C(O)C(O)C2O)C1O. The second kappa shape index (κ2) is 21.1. The third kappa shape index (κ3) is 9.40. The van der Waals surface area contributed by atoms with Crippen molar-refractivity contribution in [1.82, 2.24) is 0 Å². The number of carboxylic acids is 1. The number of aliphatic hydroxyl groups is 12. The zero-order valence-corrected chi connectivity index (χ0v) is 44.2. The van der Waals surface area contributed by atoms with Crippen LogP contribution in [0.5, 0.6) is 0 Å². The molecule has 4 aliphatic heterocycles. The van der Waals surface area contributed by atoms with Crippen molar-refractivity contribution < 1.29 is 109 Å². The van der Waals surface area contributed by atoms with Crippen molar-refractivity contribution in [3.63, 3.8) is 0 Å². The van der Waals surface area contributed by atoms with Crippen LogP contribution in [0.1, 0.15) is 113 Å². The second-order valence-corrected chi connectivity index (χ2v) is 25.7. The van der Waals surface area contributed by atoms with Gasteiger partial charge in [0, 0.05) is 5.41 Å². The standard InChI is InChI=1S/C53H86O22/c1-23-32(57)41(74-44-39(64)37(62)34(59)27(20-55)71-44)40(65)45(69-23)75-42-35(60)28(72-43-38(63)36(61)33(58)26(19-54)70-43)21-68-46(42)73-31-11-12-49(4)29(50(31,5)22-56)10-13-52(7)30(49)9-8-24-25-18-48(2,3)14-16-53(25,47(66)67)17-15-51(24,52)6/h8,23,25-46,54-65H,9-22H2,1-7H3,(H,66,67). The third-order valence-corrected chi connectivity index (χ3v) is 21.2. The van der Waals surface area contributed by atoms with Crippen LogP contribution in [0.15, 0.2) is 11.6 Å². The lowest BCUT2D eigenvalue weighted by Crippen LogP contribution is -2.67. The second-order valence-electron chi connectivity index (χ2n) is 25.7. The van der Waals surface area contributed by atoms with Crippen molar-refractivity contribution in [3.05, 3.63) is 11.6 Å². The van der Waals surface area contributed by atoms with E-state index in [9.17, 15) is 71.2 Å². The van der Waals surface area contributed by atoms with Gasteiger partial charge in [-0.1, -0.05) is 53.2 Å². The predicted molar refractivity (Wildman–Crippen MR) is 257 cm³/mol. The van der Waals surface area contributed by atoms with E-state index in [1.54, 1.807) is 0 Å². The summed E-state index contributed by atoms with van der Waals surface area (Å²) in [5.74, 6) is -0.638. The van der Waals surface area contributed by atoms with Crippen LogP contribution in [-0.2, 0) is 42.7 Å². The van der Waals surface area contributed by atoms with E-state index in [1.807, 2.05) is 6.92 Å². The van der Waals surface area contributed by atoms with E-state index < -0.39 is 159 Å². The molecule has 22 nitrogen and oxygen atoms in total. The Kier molecular flexibility index (Phi) is 16.3. The van der Waals surface area contributed by atoms with Crippen LogP contribution in [0.4, 0.5) is 0 Å². The highest BCUT2D eigenvalue weighted by molar-refractivity contribution is 5.76. The average Bonchev–Trinajstić information content (AvgIpc) is 3.43. The molecule has 8 fully saturated rings. The maximum absolute atomic E-state index is 13.2. The molecule has 0 aromatic carbocycles. The zero-order chi connectivity index (χ0) is 54.7. The molecule has 430 valence electrons. The summed E-state index contributed by atoms with van der Waals surface area (Å²) in [5.41, 5.74) is -1.07. The first-order valence-corrected chi connectivity index (χ1v) is 27.3. The first-order valence-electron chi connectivity index (χ1n) is 27.3. The number of rotatable bonds is 12.